The fraction of sp³-hybridized carbons (Fsp3) is 0.556. The van der Waals surface area contributed by atoms with E-state index in [9.17, 15) is 13.2 Å². The predicted octanol–water partition coefficient (Wildman–Crippen LogP) is -0.188. The van der Waals surface area contributed by atoms with E-state index in [1.807, 2.05) is 0 Å². The smallest absolute Gasteiger partial charge is 0.360 e. The van der Waals surface area contributed by atoms with E-state index in [4.69, 9.17) is 9.15 Å². The standard InChI is InChI=1S/C9H15N3O5S/c1-3-16-8(13)7-6-17-9(12-7)10-4-5-11-18(2,14)15/h6,11H,3-5H2,1-2H3,(H,10,12). The van der Waals surface area contributed by atoms with Crippen molar-refractivity contribution < 1.29 is 22.4 Å². The molecule has 1 aromatic rings. The van der Waals surface area contributed by atoms with Crippen molar-refractivity contribution in [1.29, 1.82) is 0 Å². The molecule has 1 aromatic heterocycles. The Morgan fingerprint density at radius 1 is 1.50 bits per heavy atom. The summed E-state index contributed by atoms with van der Waals surface area (Å²) in [6, 6.07) is 0.133. The minimum absolute atomic E-state index is 0.0652. The third-order valence-electron chi connectivity index (χ3n) is 1.75. The van der Waals surface area contributed by atoms with Gasteiger partial charge in [-0.15, -0.1) is 0 Å². The Bertz CT molecular complexity index is 496. The summed E-state index contributed by atoms with van der Waals surface area (Å²) in [7, 11) is -3.21. The van der Waals surface area contributed by atoms with E-state index in [1.165, 1.54) is 6.26 Å². The van der Waals surface area contributed by atoms with Crippen molar-refractivity contribution in [3.63, 3.8) is 0 Å². The highest BCUT2D eigenvalue weighted by Crippen LogP contribution is 2.07. The number of carbonyl (C=O) groups excluding carboxylic acids is 1. The Labute approximate surface area is 105 Å². The minimum Gasteiger partial charge on any atom is -0.461 e. The summed E-state index contributed by atoms with van der Waals surface area (Å²) >= 11 is 0. The Balaban J connectivity index is 2.38. The minimum atomic E-state index is -3.21. The largest absolute Gasteiger partial charge is 0.461 e. The third kappa shape index (κ3) is 5.15. The van der Waals surface area contributed by atoms with Gasteiger partial charge in [-0.05, 0) is 6.92 Å². The first-order valence-corrected chi connectivity index (χ1v) is 7.12. The number of aromatic nitrogens is 1. The lowest BCUT2D eigenvalue weighted by Gasteiger charge is -2.02. The van der Waals surface area contributed by atoms with E-state index < -0.39 is 16.0 Å². The van der Waals surface area contributed by atoms with Crippen molar-refractivity contribution in [3.8, 4) is 0 Å². The first-order chi connectivity index (χ1) is 8.42. The molecule has 1 rings (SSSR count). The summed E-state index contributed by atoms with van der Waals surface area (Å²) in [6.45, 7) is 2.42. The van der Waals surface area contributed by atoms with Gasteiger partial charge in [-0.3, -0.25) is 0 Å². The topological polar surface area (TPSA) is 111 Å². The summed E-state index contributed by atoms with van der Waals surface area (Å²) in [5.41, 5.74) is 0.0652. The van der Waals surface area contributed by atoms with Crippen LogP contribution >= 0.6 is 0 Å². The zero-order valence-corrected chi connectivity index (χ0v) is 10.9. The van der Waals surface area contributed by atoms with Crippen molar-refractivity contribution in [3.05, 3.63) is 12.0 Å². The average molecular weight is 277 g/mol. The Morgan fingerprint density at radius 2 is 2.22 bits per heavy atom. The molecule has 0 saturated carbocycles. The molecule has 8 nitrogen and oxygen atoms in total. The molecule has 0 aliphatic heterocycles. The molecule has 0 spiro atoms. The molecule has 1 heterocycles. The number of ether oxygens (including phenoxy) is 1. The van der Waals surface area contributed by atoms with Crippen LogP contribution in [0.2, 0.25) is 0 Å². The summed E-state index contributed by atoms with van der Waals surface area (Å²) in [5, 5.41) is 2.72. The van der Waals surface area contributed by atoms with Crippen LogP contribution in [0.5, 0.6) is 0 Å². The second-order valence-electron chi connectivity index (χ2n) is 3.35. The molecule has 0 aromatic carbocycles. The molecule has 2 N–H and O–H groups in total. The van der Waals surface area contributed by atoms with Crippen molar-refractivity contribution in [2.24, 2.45) is 0 Å². The quantitative estimate of drug-likeness (QED) is 0.525. The predicted molar refractivity (Wildman–Crippen MR) is 63.8 cm³/mol. The van der Waals surface area contributed by atoms with Crippen LogP contribution in [-0.4, -0.2) is 45.3 Å². The Morgan fingerprint density at radius 3 is 2.83 bits per heavy atom. The molecule has 102 valence electrons. The first-order valence-electron chi connectivity index (χ1n) is 5.23. The van der Waals surface area contributed by atoms with Crippen LogP contribution in [0.3, 0.4) is 0 Å². The fourth-order valence-electron chi connectivity index (χ4n) is 1.06. The molecule has 9 heteroatoms. The van der Waals surface area contributed by atoms with Gasteiger partial charge in [0.15, 0.2) is 5.69 Å². The number of hydrogen-bond donors (Lipinski definition) is 2. The molecular weight excluding hydrogens is 262 g/mol. The van der Waals surface area contributed by atoms with Gasteiger partial charge in [-0.25, -0.2) is 17.9 Å². The number of hydrogen-bond acceptors (Lipinski definition) is 7. The van der Waals surface area contributed by atoms with Gasteiger partial charge >= 0.3 is 5.97 Å². The molecular formula is C9H15N3O5S. The van der Waals surface area contributed by atoms with Gasteiger partial charge in [0, 0.05) is 13.1 Å². The van der Waals surface area contributed by atoms with E-state index in [0.29, 0.717) is 0 Å². The lowest BCUT2D eigenvalue weighted by molar-refractivity contribution is 0.0519. The highest BCUT2D eigenvalue weighted by atomic mass is 32.2. The lowest BCUT2D eigenvalue weighted by Crippen LogP contribution is -2.27. The number of nitrogens with one attached hydrogen (secondary N) is 2. The summed E-state index contributed by atoms with van der Waals surface area (Å²) < 4.78 is 33.5. The maximum atomic E-state index is 11.3. The maximum absolute atomic E-state index is 11.3. The number of nitrogens with zero attached hydrogens (tertiary/aromatic N) is 1. The molecule has 0 radical (unpaired) electrons. The van der Waals surface area contributed by atoms with Crippen LogP contribution in [0, 0.1) is 0 Å². The highest BCUT2D eigenvalue weighted by molar-refractivity contribution is 7.88. The zero-order chi connectivity index (χ0) is 13.6. The van der Waals surface area contributed by atoms with Gasteiger partial charge in [0.05, 0.1) is 12.9 Å². The average Bonchev–Trinajstić information content (AvgIpc) is 2.72. The summed E-state index contributed by atoms with van der Waals surface area (Å²) in [5.74, 6) is -0.566. The number of anilines is 1. The van der Waals surface area contributed by atoms with Crippen LogP contribution in [0.4, 0.5) is 6.01 Å². The molecule has 0 bridgehead atoms. The number of oxazole rings is 1. The SMILES string of the molecule is CCOC(=O)c1coc(NCCNS(C)(=O)=O)n1. The van der Waals surface area contributed by atoms with Crippen molar-refractivity contribution in [2.75, 3.05) is 31.3 Å². The number of carbonyl (C=O) groups is 1. The second-order valence-corrected chi connectivity index (χ2v) is 5.18. The van der Waals surface area contributed by atoms with Crippen LogP contribution in [-0.2, 0) is 14.8 Å². The molecule has 0 amide bonds. The molecule has 0 aliphatic carbocycles. The molecule has 0 unspecified atom stereocenters. The normalized spacial score (nSPS) is 11.2. The molecule has 0 saturated heterocycles. The van der Waals surface area contributed by atoms with E-state index in [2.05, 4.69) is 15.0 Å². The van der Waals surface area contributed by atoms with Crippen LogP contribution in [0.15, 0.2) is 10.7 Å². The van der Waals surface area contributed by atoms with Gasteiger partial charge in [0.2, 0.25) is 10.0 Å². The van der Waals surface area contributed by atoms with Crippen LogP contribution in [0.1, 0.15) is 17.4 Å². The molecule has 0 aliphatic rings. The molecule has 0 atom stereocenters. The van der Waals surface area contributed by atoms with Gasteiger partial charge < -0.3 is 14.5 Å². The number of sulfonamides is 1. The summed E-state index contributed by atoms with van der Waals surface area (Å²) in [6.07, 6.45) is 2.24. The zero-order valence-electron chi connectivity index (χ0n) is 10.1. The fourth-order valence-corrected chi connectivity index (χ4v) is 1.53. The van der Waals surface area contributed by atoms with Crippen molar-refractivity contribution in [2.45, 2.75) is 6.92 Å². The summed E-state index contributed by atoms with van der Waals surface area (Å²) in [4.78, 5) is 15.1. The van der Waals surface area contributed by atoms with Gasteiger partial charge in [0.1, 0.15) is 6.26 Å². The van der Waals surface area contributed by atoms with E-state index >= 15 is 0 Å². The van der Waals surface area contributed by atoms with E-state index in [1.54, 1.807) is 6.92 Å². The Hall–Kier alpha value is -1.61. The Kier molecular flexibility index (Phi) is 5.10. The highest BCUT2D eigenvalue weighted by Gasteiger charge is 2.12. The lowest BCUT2D eigenvalue weighted by atomic mass is 10.5. The third-order valence-corrected chi connectivity index (χ3v) is 2.48. The van der Waals surface area contributed by atoms with Crippen LogP contribution in [0.25, 0.3) is 0 Å². The van der Waals surface area contributed by atoms with Crippen LogP contribution < -0.4 is 10.0 Å². The molecule has 18 heavy (non-hydrogen) atoms. The number of esters is 1. The first kappa shape index (κ1) is 14.5. The number of rotatable bonds is 7. The van der Waals surface area contributed by atoms with E-state index in [0.717, 1.165) is 6.26 Å². The second kappa shape index (κ2) is 6.36. The monoisotopic (exact) mass is 277 g/mol. The van der Waals surface area contributed by atoms with Crippen molar-refractivity contribution >= 4 is 22.0 Å². The van der Waals surface area contributed by atoms with Crippen molar-refractivity contribution in [1.82, 2.24) is 9.71 Å². The van der Waals surface area contributed by atoms with E-state index in [-0.39, 0.29) is 31.4 Å². The maximum Gasteiger partial charge on any atom is 0.360 e. The molecule has 0 fully saturated rings. The van der Waals surface area contributed by atoms with Gasteiger partial charge in [-0.1, -0.05) is 0 Å². The van der Waals surface area contributed by atoms with Gasteiger partial charge in [0.25, 0.3) is 6.01 Å². The van der Waals surface area contributed by atoms with Gasteiger partial charge in [-0.2, -0.15) is 4.98 Å².